The van der Waals surface area contributed by atoms with Gasteiger partial charge in [0.15, 0.2) is 0 Å². The van der Waals surface area contributed by atoms with Crippen LogP contribution in [0.2, 0.25) is 0 Å². The largest absolute Gasteiger partial charge is 0.379 e. The van der Waals surface area contributed by atoms with Gasteiger partial charge >= 0.3 is 0 Å². The lowest BCUT2D eigenvalue weighted by molar-refractivity contribution is 1.06. The maximum absolute atomic E-state index is 4.59. The highest BCUT2D eigenvalue weighted by molar-refractivity contribution is 5.45. The number of imidazole rings is 1. The summed E-state index contributed by atoms with van der Waals surface area (Å²) in [6, 6.07) is 16.3. The van der Waals surface area contributed by atoms with Crippen LogP contribution in [0.3, 0.4) is 0 Å². The van der Waals surface area contributed by atoms with Gasteiger partial charge in [0.05, 0.1) is 12.2 Å². The second-order valence-corrected chi connectivity index (χ2v) is 4.35. The number of benzene rings is 1. The maximum Gasteiger partial charge on any atom is 0.137 e. The van der Waals surface area contributed by atoms with Crippen LogP contribution in [0, 0.1) is 6.92 Å². The summed E-state index contributed by atoms with van der Waals surface area (Å²) < 4.78 is 2.11. The highest BCUT2D eigenvalue weighted by Gasteiger charge is 2.02. The van der Waals surface area contributed by atoms with Gasteiger partial charge in [-0.25, -0.2) is 4.98 Å². The van der Waals surface area contributed by atoms with Crippen molar-refractivity contribution in [3.05, 3.63) is 66.1 Å². The molecule has 0 saturated heterocycles. The monoisotopic (exact) mass is 237 g/mol. The molecule has 3 heteroatoms. The summed E-state index contributed by atoms with van der Waals surface area (Å²) in [6.07, 6.45) is 2.08. The zero-order valence-corrected chi connectivity index (χ0v) is 10.3. The average molecular weight is 237 g/mol. The van der Waals surface area contributed by atoms with Gasteiger partial charge in [0.25, 0.3) is 0 Å². The van der Waals surface area contributed by atoms with Gasteiger partial charge in [0, 0.05) is 17.6 Å². The summed E-state index contributed by atoms with van der Waals surface area (Å²) in [6.45, 7) is 2.83. The van der Waals surface area contributed by atoms with E-state index >= 15 is 0 Å². The molecule has 0 bridgehead atoms. The molecule has 0 saturated carbocycles. The normalized spacial score (nSPS) is 10.7. The molecule has 90 valence electrons. The molecule has 2 aromatic heterocycles. The van der Waals surface area contributed by atoms with Crippen LogP contribution in [0.25, 0.3) is 5.65 Å². The molecule has 0 amide bonds. The predicted octanol–water partition coefficient (Wildman–Crippen LogP) is 3.25. The first-order valence-corrected chi connectivity index (χ1v) is 6.05. The molecular weight excluding hydrogens is 222 g/mol. The van der Waals surface area contributed by atoms with Crippen molar-refractivity contribution in [1.29, 1.82) is 0 Å². The Hall–Kier alpha value is -2.29. The Kier molecular flexibility index (Phi) is 2.73. The van der Waals surface area contributed by atoms with E-state index in [2.05, 4.69) is 46.0 Å². The van der Waals surface area contributed by atoms with Crippen molar-refractivity contribution in [2.45, 2.75) is 13.5 Å². The van der Waals surface area contributed by atoms with Crippen molar-refractivity contribution in [3.8, 4) is 0 Å². The molecule has 1 N–H and O–H groups in total. The molecule has 0 aliphatic rings. The first-order valence-electron chi connectivity index (χ1n) is 6.05. The van der Waals surface area contributed by atoms with Crippen LogP contribution in [-0.4, -0.2) is 9.38 Å². The lowest BCUT2D eigenvalue weighted by Crippen LogP contribution is -1.98. The number of para-hydroxylation sites is 1. The van der Waals surface area contributed by atoms with Crippen LogP contribution < -0.4 is 5.32 Å². The van der Waals surface area contributed by atoms with Crippen LogP contribution in [-0.2, 0) is 6.54 Å². The lowest BCUT2D eigenvalue weighted by Gasteiger charge is -2.02. The number of nitrogens with one attached hydrogen (secondary N) is 1. The summed E-state index contributed by atoms with van der Waals surface area (Å²) in [4.78, 5) is 4.59. The van der Waals surface area contributed by atoms with Gasteiger partial charge in [-0.3, -0.25) is 0 Å². The van der Waals surface area contributed by atoms with E-state index in [4.69, 9.17) is 0 Å². The quantitative estimate of drug-likeness (QED) is 0.757. The van der Waals surface area contributed by atoms with Crippen molar-refractivity contribution >= 4 is 11.3 Å². The molecule has 3 aromatic rings. The number of nitrogens with zero attached hydrogens (tertiary/aromatic N) is 2. The van der Waals surface area contributed by atoms with Crippen molar-refractivity contribution < 1.29 is 0 Å². The molecule has 0 fully saturated rings. The van der Waals surface area contributed by atoms with E-state index in [1.54, 1.807) is 0 Å². The molecule has 3 nitrogen and oxygen atoms in total. The van der Waals surface area contributed by atoms with E-state index in [-0.39, 0.29) is 0 Å². The third kappa shape index (κ3) is 2.07. The number of hydrogen-bond acceptors (Lipinski definition) is 2. The van der Waals surface area contributed by atoms with Gasteiger partial charge in [-0.15, -0.1) is 0 Å². The zero-order chi connectivity index (χ0) is 12.4. The summed E-state index contributed by atoms with van der Waals surface area (Å²) in [5, 5.41) is 3.37. The molecule has 1 aromatic carbocycles. The summed E-state index contributed by atoms with van der Waals surface area (Å²) in [5.74, 6) is 0. The topological polar surface area (TPSA) is 29.3 Å². The van der Waals surface area contributed by atoms with E-state index in [1.165, 1.54) is 5.69 Å². The van der Waals surface area contributed by atoms with Gasteiger partial charge in [0.2, 0.25) is 0 Å². The van der Waals surface area contributed by atoms with Gasteiger partial charge in [-0.1, -0.05) is 24.3 Å². The third-order valence-electron chi connectivity index (χ3n) is 2.99. The maximum atomic E-state index is 4.59. The molecule has 0 aliphatic carbocycles. The minimum absolute atomic E-state index is 0.741. The van der Waals surface area contributed by atoms with Crippen LogP contribution in [0.5, 0.6) is 0 Å². The lowest BCUT2D eigenvalue weighted by atomic mass is 10.3. The summed E-state index contributed by atoms with van der Waals surface area (Å²) in [7, 11) is 0. The molecule has 18 heavy (non-hydrogen) atoms. The predicted molar refractivity (Wildman–Crippen MR) is 73.7 cm³/mol. The van der Waals surface area contributed by atoms with E-state index in [1.807, 2.05) is 30.3 Å². The Balaban J connectivity index is 1.81. The molecule has 3 rings (SSSR count). The van der Waals surface area contributed by atoms with Crippen molar-refractivity contribution in [3.63, 3.8) is 0 Å². The molecule has 0 atom stereocenters. The fraction of sp³-hybridized carbons (Fsp3) is 0.133. The Morgan fingerprint density at radius 2 is 1.89 bits per heavy atom. The first kappa shape index (κ1) is 10.8. The molecule has 2 heterocycles. The Morgan fingerprint density at radius 1 is 1.06 bits per heavy atom. The molecule has 0 aliphatic heterocycles. The average Bonchev–Trinajstić information content (AvgIpc) is 2.82. The zero-order valence-electron chi connectivity index (χ0n) is 10.3. The van der Waals surface area contributed by atoms with E-state index < -0.39 is 0 Å². The number of aryl methyl sites for hydroxylation is 1. The highest BCUT2D eigenvalue weighted by atomic mass is 15.0. The van der Waals surface area contributed by atoms with Crippen LogP contribution in [0.1, 0.15) is 11.4 Å². The van der Waals surface area contributed by atoms with Crippen LogP contribution >= 0.6 is 0 Å². The first-order chi connectivity index (χ1) is 8.83. The minimum Gasteiger partial charge on any atom is -0.379 e. The standard InChI is InChI=1S/C15H15N3/c1-12-6-5-9-15-17-14(11-18(12)15)10-16-13-7-3-2-4-8-13/h2-9,11,16H,10H2,1H3. The van der Waals surface area contributed by atoms with Gasteiger partial charge < -0.3 is 9.72 Å². The Labute approximate surface area is 106 Å². The SMILES string of the molecule is Cc1cccc2nc(CNc3ccccc3)cn12. The second-order valence-electron chi connectivity index (χ2n) is 4.35. The number of anilines is 1. The van der Waals surface area contributed by atoms with E-state index in [0.717, 1.165) is 23.6 Å². The second kappa shape index (κ2) is 4.53. The number of fused-ring (bicyclic) bond motifs is 1. The van der Waals surface area contributed by atoms with Crippen LogP contribution in [0.15, 0.2) is 54.7 Å². The Morgan fingerprint density at radius 3 is 2.67 bits per heavy atom. The van der Waals surface area contributed by atoms with Gasteiger partial charge in [-0.05, 0) is 31.2 Å². The highest BCUT2D eigenvalue weighted by Crippen LogP contribution is 2.11. The molecule has 0 radical (unpaired) electrons. The van der Waals surface area contributed by atoms with E-state index in [0.29, 0.717) is 0 Å². The number of pyridine rings is 1. The number of rotatable bonds is 3. The van der Waals surface area contributed by atoms with Gasteiger partial charge in [0.1, 0.15) is 5.65 Å². The van der Waals surface area contributed by atoms with Crippen LogP contribution in [0.4, 0.5) is 5.69 Å². The Bertz CT molecular complexity index is 656. The summed E-state index contributed by atoms with van der Waals surface area (Å²) >= 11 is 0. The number of hydrogen-bond donors (Lipinski definition) is 1. The third-order valence-corrected chi connectivity index (χ3v) is 2.99. The van der Waals surface area contributed by atoms with Gasteiger partial charge in [-0.2, -0.15) is 0 Å². The molecule has 0 spiro atoms. The van der Waals surface area contributed by atoms with Crippen molar-refractivity contribution in [1.82, 2.24) is 9.38 Å². The fourth-order valence-electron chi connectivity index (χ4n) is 2.03. The van der Waals surface area contributed by atoms with Crippen molar-refractivity contribution in [2.24, 2.45) is 0 Å². The fourth-order valence-corrected chi connectivity index (χ4v) is 2.03. The molecule has 0 unspecified atom stereocenters. The smallest absolute Gasteiger partial charge is 0.137 e. The summed E-state index contributed by atoms with van der Waals surface area (Å²) in [5.41, 5.74) is 4.37. The van der Waals surface area contributed by atoms with E-state index in [9.17, 15) is 0 Å². The van der Waals surface area contributed by atoms with Crippen molar-refractivity contribution in [2.75, 3.05) is 5.32 Å². The number of aromatic nitrogens is 2. The molecular formula is C15H15N3. The minimum atomic E-state index is 0.741.